The number of ketones is 4. The van der Waals surface area contributed by atoms with Gasteiger partial charge >= 0.3 is 11.9 Å². The van der Waals surface area contributed by atoms with Gasteiger partial charge in [0, 0.05) is 84.9 Å². The van der Waals surface area contributed by atoms with E-state index in [4.69, 9.17) is 43.0 Å². The molecule has 106 heavy (non-hydrogen) atoms. The first kappa shape index (κ1) is 71.5. The largest absolute Gasteiger partial charge is 0.504 e. The number of hydrogen-bond donors (Lipinski definition) is 6. The van der Waals surface area contributed by atoms with Crippen LogP contribution in [0.2, 0.25) is 0 Å². The zero-order valence-corrected chi connectivity index (χ0v) is 61.6. The highest BCUT2D eigenvalue weighted by atomic mass is 16.6. The lowest BCUT2D eigenvalue weighted by Crippen LogP contribution is -2.76. The molecule has 0 amide bonds. The zero-order valence-electron chi connectivity index (χ0n) is 61.6. The molecule has 0 unspecified atom stereocenters. The second-order valence-electron chi connectivity index (χ2n) is 33.3. The van der Waals surface area contributed by atoms with E-state index in [9.17, 15) is 54.3 Å². The molecule has 0 aromatic heterocycles. The predicted molar refractivity (Wildman–Crippen MR) is 382 cm³/mol. The molecule has 0 radical (unpaired) electrons. The standard InChI is InChI=1S/C23H29NO6.C21H25NO6.C21H27NO4.C17H19NO4/c1-3-28-18(26)5-4-12-29-16-7-6-14-13-17-23(27)9-8-15(25)21-22(23,10-11-24(17)2)19(14)20(16)30-21;1-22-9-8-20-17-12-4-5-14(27-10-2-3-16(24)25)18(17)28-19(20)13(23)6-7-21(20,26)15(22)11-12;1-3-4-11-25-15-6-5-13-12-16-21(24)8-7-14(23)19-20(21,9-10-22(16)2)17(13)18(15)26-19;1-18-7-6-16-13-9-2-3-10(19)14(13)22-15(16)11(20)4-5-17(16,21)12(18)8-9/h6-7,17,21,27H,3-5,8-13H2,1-2H3;4-5,15,19,26H,2-3,6-11H2,1H3,(H,24,25);5-6,16,19,24H,3-4,7-12H2,1-2H3;2-3,12,15,19,21H,4-8H2,1H3/t17-,21+,22+,23-;15-,19+,20+,21-;16-,19+,20+,21-;12-,15+,16+,17-/m1111/s1. The molecule has 8 fully saturated rings. The van der Waals surface area contributed by atoms with E-state index < -0.39 is 74.4 Å². The van der Waals surface area contributed by atoms with Crippen LogP contribution in [0.15, 0.2) is 48.5 Å². The Morgan fingerprint density at radius 1 is 0.434 bits per heavy atom. The number of carbonyl (C=O) groups is 6. The molecule has 4 spiro atoms. The van der Waals surface area contributed by atoms with Gasteiger partial charge in [-0.1, -0.05) is 37.6 Å². The summed E-state index contributed by atoms with van der Waals surface area (Å²) in [6.45, 7) is 8.90. The van der Waals surface area contributed by atoms with Crippen LogP contribution in [0.4, 0.5) is 0 Å². The molecule has 24 heteroatoms. The Bertz CT molecular complexity index is 4340. The number of phenolic OH excluding ortho intramolecular Hbond substituents is 1. The van der Waals surface area contributed by atoms with Gasteiger partial charge in [-0.15, -0.1) is 0 Å². The molecule has 24 nitrogen and oxygen atoms in total. The van der Waals surface area contributed by atoms with Crippen molar-refractivity contribution < 1.29 is 97.3 Å². The summed E-state index contributed by atoms with van der Waals surface area (Å²) >= 11 is 0. The number of aliphatic hydroxyl groups is 4. The number of rotatable bonds is 15. The molecule has 4 aromatic carbocycles. The number of benzene rings is 4. The third-order valence-electron chi connectivity index (χ3n) is 28.7. The number of aromatic hydroxyl groups is 1. The van der Waals surface area contributed by atoms with Crippen LogP contribution < -0.4 is 33.2 Å². The van der Waals surface area contributed by atoms with Crippen molar-refractivity contribution in [1.82, 2.24) is 19.6 Å². The van der Waals surface area contributed by atoms with Gasteiger partial charge in [0.15, 0.2) is 93.5 Å². The number of likely N-dealkylation sites (N-methyl/N-ethyl adjacent to an activating group) is 4. The number of piperidine rings is 4. The van der Waals surface area contributed by atoms with Crippen LogP contribution in [0.25, 0.3) is 0 Å². The van der Waals surface area contributed by atoms with Gasteiger partial charge in [0.05, 0.1) is 70.5 Å². The number of phenols is 1. The fraction of sp³-hybridized carbons (Fsp3) is 0.634. The number of unbranched alkanes of at least 4 members (excludes halogenated alkanes) is 1. The molecule has 4 aromatic rings. The first-order valence-electron chi connectivity index (χ1n) is 38.9. The first-order chi connectivity index (χ1) is 50.8. The quantitative estimate of drug-likeness (QED) is 0.0586. The van der Waals surface area contributed by atoms with Gasteiger partial charge in [-0.3, -0.25) is 28.8 Å². The average Bonchev–Trinajstić information content (AvgIpc) is 1.45. The van der Waals surface area contributed by atoms with Crippen LogP contribution in [0.1, 0.15) is 174 Å². The van der Waals surface area contributed by atoms with Gasteiger partial charge < -0.3 is 88.1 Å². The van der Waals surface area contributed by atoms with E-state index in [0.29, 0.717) is 138 Å². The second-order valence-corrected chi connectivity index (χ2v) is 33.3. The fourth-order valence-corrected chi connectivity index (χ4v) is 23.8. The summed E-state index contributed by atoms with van der Waals surface area (Å²) in [5, 5.41) is 66.4. The van der Waals surface area contributed by atoms with Crippen molar-refractivity contribution in [3.05, 3.63) is 93.0 Å². The molecule has 8 aliphatic carbocycles. The topological polar surface area (TPSA) is 311 Å². The highest BCUT2D eigenvalue weighted by Crippen LogP contribution is 2.70. The van der Waals surface area contributed by atoms with Crippen molar-refractivity contribution in [2.45, 2.75) is 248 Å². The summed E-state index contributed by atoms with van der Waals surface area (Å²) in [6.07, 6.45) is 9.98. The number of esters is 1. The summed E-state index contributed by atoms with van der Waals surface area (Å²) < 4.78 is 47.6. The Labute approximate surface area is 616 Å². The first-order valence-corrected chi connectivity index (χ1v) is 38.9. The summed E-state index contributed by atoms with van der Waals surface area (Å²) in [5.41, 5.74) is 1.98. The third kappa shape index (κ3) is 9.64. The van der Waals surface area contributed by atoms with Crippen LogP contribution in [-0.4, -0.2) is 237 Å². The van der Waals surface area contributed by atoms with E-state index in [1.807, 2.05) is 44.4 Å². The SMILES string of the molecule is CCCCOc1ccc2c3c1O[C@H]1C(=O)CC[C@@]4(O)[C@@H](C2)N(C)CC[C@]314.CCOC(=O)CCCOc1ccc2c3c1O[C@H]1C(=O)CC[C@@]4(O)[C@@H](C2)N(C)CC[C@]314.CN1CC[C@]23c4c5ccc(O)c4O[C@H]2C(=O)CC[C@@]3(O)[C@H]1C5.CN1CC[C@]23c4c5ccc(OCCCC(=O)O)c4O[C@H]2C(=O)CC[C@@]3(O)[C@H]1C5. The minimum atomic E-state index is -0.987. The van der Waals surface area contributed by atoms with Gasteiger partial charge in [0.2, 0.25) is 0 Å². The van der Waals surface area contributed by atoms with Gasteiger partial charge in [0.1, 0.15) is 0 Å². The van der Waals surface area contributed by atoms with Crippen molar-refractivity contribution >= 4 is 35.1 Å². The van der Waals surface area contributed by atoms with Crippen LogP contribution in [0.5, 0.6) is 46.0 Å². The molecule has 568 valence electrons. The van der Waals surface area contributed by atoms with Crippen molar-refractivity contribution in [2.24, 2.45) is 0 Å². The summed E-state index contributed by atoms with van der Waals surface area (Å²) in [4.78, 5) is 82.3. The Morgan fingerprint density at radius 3 is 1.06 bits per heavy atom. The maximum Gasteiger partial charge on any atom is 0.305 e. The number of nitrogens with zero attached hydrogens (tertiary/aromatic N) is 4. The molecule has 8 aliphatic heterocycles. The molecule has 8 heterocycles. The van der Waals surface area contributed by atoms with E-state index in [2.05, 4.69) is 52.8 Å². The highest BCUT2D eigenvalue weighted by molar-refractivity contribution is 5.93. The van der Waals surface area contributed by atoms with Crippen molar-refractivity contribution in [1.29, 1.82) is 0 Å². The molecule has 20 rings (SSSR count). The fourth-order valence-electron chi connectivity index (χ4n) is 23.8. The highest BCUT2D eigenvalue weighted by Gasteiger charge is 2.77. The van der Waals surface area contributed by atoms with Gasteiger partial charge in [-0.2, -0.15) is 0 Å². The normalized spacial score (nSPS) is 36.7. The van der Waals surface area contributed by atoms with Crippen LogP contribution in [0, 0.1) is 0 Å². The molecular formula is C82H100N4O20. The summed E-state index contributed by atoms with van der Waals surface area (Å²) in [6, 6.07) is 15.5. The Hall–Kier alpha value is -7.42. The van der Waals surface area contributed by atoms with Crippen LogP contribution >= 0.6 is 0 Å². The number of likely N-dealkylation sites (tertiary alicyclic amines) is 4. The summed E-state index contributed by atoms with van der Waals surface area (Å²) in [5.74, 6) is 3.50. The number of carboxylic acids is 1. The molecule has 16 aliphatic rings. The van der Waals surface area contributed by atoms with Crippen molar-refractivity contribution in [3.8, 4) is 46.0 Å². The van der Waals surface area contributed by atoms with E-state index >= 15 is 0 Å². The van der Waals surface area contributed by atoms with Gasteiger partial charge in [-0.25, -0.2) is 0 Å². The maximum atomic E-state index is 12.9. The van der Waals surface area contributed by atoms with E-state index in [0.717, 1.165) is 122 Å². The van der Waals surface area contributed by atoms with Gasteiger partial charge in [-0.05, 0) is 204 Å². The average molecular weight is 1460 g/mol. The van der Waals surface area contributed by atoms with E-state index in [-0.39, 0.29) is 72.0 Å². The van der Waals surface area contributed by atoms with E-state index in [1.165, 1.54) is 5.56 Å². The summed E-state index contributed by atoms with van der Waals surface area (Å²) in [7, 11) is 8.24. The molecule has 6 N–H and O–H groups in total. The lowest BCUT2D eigenvalue weighted by molar-refractivity contribution is -0.185. The molecule has 8 bridgehead atoms. The Kier molecular flexibility index (Phi) is 17.3. The minimum Gasteiger partial charge on any atom is -0.504 e. The van der Waals surface area contributed by atoms with Crippen LogP contribution in [-0.2, 0) is 80.8 Å². The molecular weight excluding hydrogens is 1360 g/mol. The molecule has 4 saturated heterocycles. The van der Waals surface area contributed by atoms with Crippen LogP contribution in [0.3, 0.4) is 0 Å². The Morgan fingerprint density at radius 2 is 0.736 bits per heavy atom. The maximum absolute atomic E-state index is 12.9. The molecule has 16 atom stereocenters. The number of hydrogen-bond acceptors (Lipinski definition) is 23. The van der Waals surface area contributed by atoms with Crippen molar-refractivity contribution in [2.75, 3.05) is 80.8 Å². The minimum absolute atomic E-state index is 0.00319. The lowest BCUT2D eigenvalue weighted by atomic mass is 9.49. The lowest BCUT2D eigenvalue weighted by Gasteiger charge is -2.62. The third-order valence-corrected chi connectivity index (χ3v) is 28.7. The molecule has 4 saturated carbocycles. The number of ether oxygens (including phenoxy) is 8. The smallest absolute Gasteiger partial charge is 0.305 e. The van der Waals surface area contributed by atoms with Gasteiger partial charge in [0.25, 0.3) is 0 Å². The number of carbonyl (C=O) groups excluding carboxylic acids is 5. The zero-order chi connectivity index (χ0) is 74.2. The number of Topliss-reactive ketones (excluding diaryl/α,β-unsaturated/α-hetero) is 4. The number of aliphatic carboxylic acids is 1. The Balaban J connectivity index is 0.000000105. The van der Waals surface area contributed by atoms with Crippen molar-refractivity contribution in [3.63, 3.8) is 0 Å². The predicted octanol–water partition coefficient (Wildman–Crippen LogP) is 6.01. The van der Waals surface area contributed by atoms with E-state index in [1.54, 1.807) is 13.0 Å². The monoisotopic (exact) mass is 1460 g/mol. The second kappa shape index (κ2) is 25.6. The number of carboxylic acid groups (broad SMARTS) is 1.